The molecule has 3 aliphatic rings. The van der Waals surface area contributed by atoms with Gasteiger partial charge in [-0.05, 0) is 63.9 Å². The molecule has 5 rings (SSSR count). The molecule has 0 amide bonds. The molecule has 27 heavy (non-hydrogen) atoms. The van der Waals surface area contributed by atoms with Gasteiger partial charge in [-0.1, -0.05) is 0 Å². The van der Waals surface area contributed by atoms with E-state index in [0.717, 1.165) is 60.8 Å². The van der Waals surface area contributed by atoms with Crippen LogP contribution in [0.4, 0.5) is 5.82 Å². The Kier molecular flexibility index (Phi) is 4.21. The highest BCUT2D eigenvalue weighted by Crippen LogP contribution is 2.39. The predicted octanol–water partition coefficient (Wildman–Crippen LogP) is 2.77. The molecule has 1 aliphatic heterocycles. The van der Waals surface area contributed by atoms with Gasteiger partial charge in [-0.3, -0.25) is 4.79 Å². The number of hydrogen-bond donors (Lipinski definition) is 0. The van der Waals surface area contributed by atoms with E-state index in [9.17, 15) is 4.79 Å². The standard InChI is InChI=1S/C21H27N5O/c1-14-11-19(23-21(22-14)15-8-9-15)25-10-4-6-17(25)13-26-20(27)12-16-5-2-3-7-18(16)24-26/h11-12,15,17H,2-10,13H2,1H3. The minimum absolute atomic E-state index is 0.0417. The lowest BCUT2D eigenvalue weighted by Gasteiger charge is -2.27. The first-order chi connectivity index (χ1) is 13.2. The normalized spacial score (nSPS) is 22.1. The summed E-state index contributed by atoms with van der Waals surface area (Å²) in [7, 11) is 0. The number of aryl methyl sites for hydroxylation is 3. The Hall–Kier alpha value is -2.24. The number of anilines is 1. The maximum atomic E-state index is 12.6. The number of hydrogen-bond acceptors (Lipinski definition) is 5. The van der Waals surface area contributed by atoms with Gasteiger partial charge in [0.25, 0.3) is 5.56 Å². The lowest BCUT2D eigenvalue weighted by Crippen LogP contribution is -2.38. The van der Waals surface area contributed by atoms with Gasteiger partial charge < -0.3 is 4.90 Å². The van der Waals surface area contributed by atoms with E-state index in [2.05, 4.69) is 22.9 Å². The Morgan fingerprint density at radius 3 is 2.78 bits per heavy atom. The largest absolute Gasteiger partial charge is 0.352 e. The van der Waals surface area contributed by atoms with Gasteiger partial charge in [0.15, 0.2) is 0 Å². The lowest BCUT2D eigenvalue weighted by atomic mass is 9.97. The summed E-state index contributed by atoms with van der Waals surface area (Å²) in [4.78, 5) is 24.5. The van der Waals surface area contributed by atoms with E-state index in [1.807, 2.05) is 6.07 Å². The summed E-state index contributed by atoms with van der Waals surface area (Å²) in [6.07, 6.45) is 8.97. The summed E-state index contributed by atoms with van der Waals surface area (Å²) in [6.45, 7) is 3.69. The molecular formula is C21H27N5O. The molecule has 1 saturated carbocycles. The van der Waals surface area contributed by atoms with Crippen molar-refractivity contribution >= 4 is 5.82 Å². The van der Waals surface area contributed by atoms with Gasteiger partial charge in [0, 0.05) is 30.3 Å². The van der Waals surface area contributed by atoms with Gasteiger partial charge in [0.05, 0.1) is 18.3 Å². The zero-order valence-electron chi connectivity index (χ0n) is 16.0. The molecule has 0 aromatic carbocycles. The van der Waals surface area contributed by atoms with E-state index < -0.39 is 0 Å². The van der Waals surface area contributed by atoms with Crippen LogP contribution in [0.1, 0.15) is 67.2 Å². The molecule has 0 N–H and O–H groups in total. The van der Waals surface area contributed by atoms with Crippen LogP contribution in [-0.2, 0) is 19.4 Å². The fraction of sp³-hybridized carbons (Fsp3) is 0.619. The maximum absolute atomic E-state index is 12.6. The summed E-state index contributed by atoms with van der Waals surface area (Å²) < 4.78 is 1.70. The van der Waals surface area contributed by atoms with Crippen molar-refractivity contribution in [2.24, 2.45) is 0 Å². The van der Waals surface area contributed by atoms with E-state index in [4.69, 9.17) is 10.1 Å². The molecule has 1 unspecified atom stereocenters. The van der Waals surface area contributed by atoms with Crippen LogP contribution >= 0.6 is 0 Å². The summed E-state index contributed by atoms with van der Waals surface area (Å²) in [5, 5.41) is 4.72. The molecule has 2 aromatic heterocycles. The predicted molar refractivity (Wildman–Crippen MR) is 104 cm³/mol. The first kappa shape index (κ1) is 16.9. The average Bonchev–Trinajstić information content (AvgIpc) is 3.41. The van der Waals surface area contributed by atoms with Crippen molar-refractivity contribution in [3.63, 3.8) is 0 Å². The Morgan fingerprint density at radius 2 is 1.93 bits per heavy atom. The summed E-state index contributed by atoms with van der Waals surface area (Å²) >= 11 is 0. The molecule has 1 atom stereocenters. The Balaban J connectivity index is 1.41. The highest BCUT2D eigenvalue weighted by Gasteiger charge is 2.31. The quantitative estimate of drug-likeness (QED) is 0.834. The first-order valence-corrected chi connectivity index (χ1v) is 10.4. The molecule has 1 saturated heterocycles. The Labute approximate surface area is 159 Å². The Morgan fingerprint density at radius 1 is 1.07 bits per heavy atom. The molecule has 0 spiro atoms. The van der Waals surface area contributed by atoms with Crippen molar-refractivity contribution in [1.82, 2.24) is 19.7 Å². The second-order valence-electron chi connectivity index (χ2n) is 8.33. The molecule has 3 heterocycles. The van der Waals surface area contributed by atoms with Crippen molar-refractivity contribution in [1.29, 1.82) is 0 Å². The molecule has 2 aliphatic carbocycles. The SMILES string of the molecule is Cc1cc(N2CCCC2Cn2nc3c(cc2=O)CCCC3)nc(C2CC2)n1. The van der Waals surface area contributed by atoms with Crippen molar-refractivity contribution in [3.05, 3.63) is 45.3 Å². The molecule has 0 radical (unpaired) electrons. The molecule has 142 valence electrons. The molecular weight excluding hydrogens is 338 g/mol. The van der Waals surface area contributed by atoms with Crippen molar-refractivity contribution in [2.45, 2.75) is 76.8 Å². The molecule has 2 aromatic rings. The van der Waals surface area contributed by atoms with E-state index in [1.54, 1.807) is 4.68 Å². The molecule has 6 heteroatoms. The van der Waals surface area contributed by atoms with E-state index in [0.29, 0.717) is 12.5 Å². The third kappa shape index (κ3) is 3.37. The van der Waals surface area contributed by atoms with Gasteiger partial charge in [0.2, 0.25) is 0 Å². The van der Waals surface area contributed by atoms with Crippen molar-refractivity contribution < 1.29 is 0 Å². The van der Waals surface area contributed by atoms with Gasteiger partial charge in [0.1, 0.15) is 11.6 Å². The van der Waals surface area contributed by atoms with E-state index in [-0.39, 0.29) is 11.6 Å². The number of fused-ring (bicyclic) bond motifs is 1. The average molecular weight is 365 g/mol. The van der Waals surface area contributed by atoms with Crippen LogP contribution in [0.15, 0.2) is 16.9 Å². The summed E-state index contributed by atoms with van der Waals surface area (Å²) in [5.74, 6) is 2.58. The van der Waals surface area contributed by atoms with Gasteiger partial charge >= 0.3 is 0 Å². The van der Waals surface area contributed by atoms with Gasteiger partial charge in [-0.25, -0.2) is 14.6 Å². The van der Waals surface area contributed by atoms with Gasteiger partial charge in [-0.15, -0.1) is 0 Å². The van der Waals surface area contributed by atoms with Crippen LogP contribution in [0.3, 0.4) is 0 Å². The molecule has 6 nitrogen and oxygen atoms in total. The van der Waals surface area contributed by atoms with E-state index >= 15 is 0 Å². The first-order valence-electron chi connectivity index (χ1n) is 10.4. The minimum Gasteiger partial charge on any atom is -0.352 e. The monoisotopic (exact) mass is 365 g/mol. The van der Waals surface area contributed by atoms with Crippen LogP contribution in [0.5, 0.6) is 0 Å². The second-order valence-corrected chi connectivity index (χ2v) is 8.33. The third-order valence-electron chi connectivity index (χ3n) is 6.13. The molecule has 0 bridgehead atoms. The molecule has 2 fully saturated rings. The summed E-state index contributed by atoms with van der Waals surface area (Å²) in [5.41, 5.74) is 3.36. The van der Waals surface area contributed by atoms with Crippen molar-refractivity contribution in [3.8, 4) is 0 Å². The fourth-order valence-corrected chi connectivity index (χ4v) is 4.50. The maximum Gasteiger partial charge on any atom is 0.267 e. The Bertz CT molecular complexity index is 917. The number of aromatic nitrogens is 4. The zero-order valence-corrected chi connectivity index (χ0v) is 16.0. The highest BCUT2D eigenvalue weighted by molar-refractivity contribution is 5.43. The second kappa shape index (κ2) is 6.73. The van der Waals surface area contributed by atoms with Gasteiger partial charge in [-0.2, -0.15) is 5.10 Å². The van der Waals surface area contributed by atoms with E-state index in [1.165, 1.54) is 25.7 Å². The van der Waals surface area contributed by atoms with Crippen LogP contribution in [-0.4, -0.2) is 32.3 Å². The highest BCUT2D eigenvalue weighted by atomic mass is 16.1. The number of nitrogens with zero attached hydrogens (tertiary/aromatic N) is 5. The smallest absolute Gasteiger partial charge is 0.267 e. The van der Waals surface area contributed by atoms with Crippen molar-refractivity contribution in [2.75, 3.05) is 11.4 Å². The summed E-state index contributed by atoms with van der Waals surface area (Å²) in [6, 6.07) is 4.19. The van der Waals surface area contributed by atoms with Crippen LogP contribution in [0.25, 0.3) is 0 Å². The lowest BCUT2D eigenvalue weighted by molar-refractivity contribution is 0.472. The van der Waals surface area contributed by atoms with Crippen LogP contribution in [0, 0.1) is 6.92 Å². The fourth-order valence-electron chi connectivity index (χ4n) is 4.50. The van der Waals surface area contributed by atoms with Crippen LogP contribution in [0.2, 0.25) is 0 Å². The topological polar surface area (TPSA) is 63.9 Å². The third-order valence-corrected chi connectivity index (χ3v) is 6.13. The van der Waals surface area contributed by atoms with Crippen LogP contribution < -0.4 is 10.5 Å². The zero-order chi connectivity index (χ0) is 18.4. The minimum atomic E-state index is 0.0417. The number of rotatable bonds is 4.